The molecule has 1 amide bonds. The Morgan fingerprint density at radius 1 is 1.45 bits per heavy atom. The molecule has 1 saturated heterocycles. The van der Waals surface area contributed by atoms with Crippen molar-refractivity contribution in [3.05, 3.63) is 23.9 Å². The Balaban J connectivity index is 0.00000176. The molecule has 0 aromatic rings. The highest BCUT2D eigenvalue weighted by molar-refractivity contribution is 8.01. The number of nitrogens with zero attached hydrogens (tertiary/aromatic N) is 1. The molecule has 4 atom stereocenters. The van der Waals surface area contributed by atoms with E-state index in [2.05, 4.69) is 49.3 Å². The summed E-state index contributed by atoms with van der Waals surface area (Å²) in [5.74, 6) is 2.11. The lowest BCUT2D eigenvalue weighted by Crippen LogP contribution is -2.46. The third kappa shape index (κ3) is 2.88. The predicted molar refractivity (Wildman–Crippen MR) is 96.8 cm³/mol. The van der Waals surface area contributed by atoms with Gasteiger partial charge in [-0.05, 0) is 37.7 Å². The van der Waals surface area contributed by atoms with Crippen molar-refractivity contribution in [2.45, 2.75) is 44.4 Å². The molecule has 3 nitrogen and oxygen atoms in total. The Bertz CT molecular complexity index is 529. The van der Waals surface area contributed by atoms with Crippen LogP contribution in [0.2, 0.25) is 0 Å². The number of hydrogen-bond donors (Lipinski definition) is 1. The van der Waals surface area contributed by atoms with Gasteiger partial charge in [0.05, 0.1) is 16.4 Å². The number of nitrogens with one attached hydrogen (secondary N) is 1. The molecule has 3 aliphatic rings. The van der Waals surface area contributed by atoms with Crippen molar-refractivity contribution in [1.29, 1.82) is 0 Å². The smallest absolute Gasteiger partial charge is 0.224 e. The first kappa shape index (κ1) is 17.6. The molecule has 2 heterocycles. The molecule has 0 bridgehead atoms. The number of thioether (sulfide) groups is 1. The van der Waals surface area contributed by atoms with Crippen LogP contribution in [0.25, 0.3) is 0 Å². The molecule has 2 aliphatic heterocycles. The normalized spacial score (nSPS) is 33.5. The molecule has 1 spiro atoms. The first-order valence-electron chi connectivity index (χ1n) is 7.89. The van der Waals surface area contributed by atoms with E-state index in [4.69, 9.17) is 0 Å². The summed E-state index contributed by atoms with van der Waals surface area (Å²) in [6, 6.07) is 0.234. The van der Waals surface area contributed by atoms with Crippen LogP contribution in [-0.4, -0.2) is 28.7 Å². The molecule has 3 rings (SSSR count). The number of hydrogen-bond acceptors (Lipinski definition) is 3. The summed E-state index contributed by atoms with van der Waals surface area (Å²) in [6.45, 7) is 6.39. The van der Waals surface area contributed by atoms with Crippen LogP contribution in [-0.2, 0) is 4.79 Å². The van der Waals surface area contributed by atoms with E-state index in [0.717, 1.165) is 18.6 Å². The number of amides is 1. The fourth-order valence-electron chi connectivity index (χ4n) is 3.44. The van der Waals surface area contributed by atoms with Crippen LogP contribution in [0.15, 0.2) is 28.9 Å². The van der Waals surface area contributed by atoms with Crippen molar-refractivity contribution in [2.75, 3.05) is 5.75 Å². The quantitative estimate of drug-likeness (QED) is 0.852. The number of rotatable bonds is 3. The zero-order valence-electron chi connectivity index (χ0n) is 13.4. The van der Waals surface area contributed by atoms with Crippen LogP contribution >= 0.6 is 24.2 Å². The maximum absolute atomic E-state index is 12.7. The van der Waals surface area contributed by atoms with E-state index in [-0.39, 0.29) is 35.0 Å². The summed E-state index contributed by atoms with van der Waals surface area (Å²) in [5, 5.41) is 3.21. The predicted octanol–water partition coefficient (Wildman–Crippen LogP) is 3.61. The number of aliphatic imine (C=N–C) groups is 1. The van der Waals surface area contributed by atoms with Crippen molar-refractivity contribution >= 4 is 36.3 Å². The molecule has 1 N–H and O–H groups in total. The minimum Gasteiger partial charge on any atom is -0.353 e. The third-order valence-electron chi connectivity index (χ3n) is 5.15. The van der Waals surface area contributed by atoms with Gasteiger partial charge in [0.1, 0.15) is 0 Å². The zero-order chi connectivity index (χ0) is 15.0. The molecule has 0 aromatic carbocycles. The summed E-state index contributed by atoms with van der Waals surface area (Å²) < 4.78 is 0.0482. The Labute approximate surface area is 143 Å². The van der Waals surface area contributed by atoms with Gasteiger partial charge in [0.25, 0.3) is 0 Å². The van der Waals surface area contributed by atoms with Gasteiger partial charge in [-0.15, -0.1) is 24.2 Å². The summed E-state index contributed by atoms with van der Waals surface area (Å²) >= 11 is 1.94. The van der Waals surface area contributed by atoms with Gasteiger partial charge < -0.3 is 5.32 Å². The highest BCUT2D eigenvalue weighted by Crippen LogP contribution is 2.57. The van der Waals surface area contributed by atoms with E-state index in [1.54, 1.807) is 0 Å². The molecule has 22 heavy (non-hydrogen) atoms. The van der Waals surface area contributed by atoms with Gasteiger partial charge in [0, 0.05) is 18.0 Å². The molecule has 0 aromatic heterocycles. The van der Waals surface area contributed by atoms with Gasteiger partial charge >= 0.3 is 0 Å². The SMILES string of the molecule is CC(C)C(C)NC(=O)C1CSC23CC=CC=C2N=CCC13.Cl. The molecular weight excluding hydrogens is 316 g/mol. The van der Waals surface area contributed by atoms with Crippen molar-refractivity contribution in [1.82, 2.24) is 5.32 Å². The fourth-order valence-corrected chi connectivity index (χ4v) is 5.25. The van der Waals surface area contributed by atoms with E-state index >= 15 is 0 Å². The van der Waals surface area contributed by atoms with Crippen LogP contribution < -0.4 is 5.32 Å². The van der Waals surface area contributed by atoms with Gasteiger partial charge in [0.15, 0.2) is 0 Å². The minimum absolute atomic E-state index is 0. The fraction of sp³-hybridized carbons (Fsp3) is 0.647. The summed E-state index contributed by atoms with van der Waals surface area (Å²) in [6.07, 6.45) is 10.4. The van der Waals surface area contributed by atoms with Crippen LogP contribution in [0.5, 0.6) is 0 Å². The molecule has 0 saturated carbocycles. The monoisotopic (exact) mass is 340 g/mol. The second-order valence-corrected chi connectivity index (χ2v) is 8.04. The first-order valence-corrected chi connectivity index (χ1v) is 8.87. The molecule has 0 radical (unpaired) electrons. The van der Waals surface area contributed by atoms with E-state index in [1.165, 1.54) is 5.70 Å². The van der Waals surface area contributed by atoms with Crippen LogP contribution in [0, 0.1) is 17.8 Å². The molecular formula is C17H25ClN2OS. The lowest BCUT2D eigenvalue weighted by atomic mass is 9.73. The van der Waals surface area contributed by atoms with Crippen LogP contribution in [0.3, 0.4) is 0 Å². The summed E-state index contributed by atoms with van der Waals surface area (Å²) in [4.78, 5) is 17.3. The Morgan fingerprint density at radius 3 is 2.95 bits per heavy atom. The first-order chi connectivity index (χ1) is 10.0. The largest absolute Gasteiger partial charge is 0.353 e. The van der Waals surface area contributed by atoms with Crippen molar-refractivity contribution in [3.63, 3.8) is 0 Å². The Hall–Kier alpha value is -0.740. The van der Waals surface area contributed by atoms with Crippen molar-refractivity contribution in [3.8, 4) is 0 Å². The maximum atomic E-state index is 12.7. The minimum atomic E-state index is 0. The average Bonchev–Trinajstić information content (AvgIpc) is 2.84. The number of halogens is 1. The van der Waals surface area contributed by atoms with Crippen molar-refractivity contribution < 1.29 is 4.79 Å². The van der Waals surface area contributed by atoms with Gasteiger partial charge in [-0.3, -0.25) is 9.79 Å². The van der Waals surface area contributed by atoms with E-state index in [1.807, 2.05) is 18.0 Å². The topological polar surface area (TPSA) is 41.5 Å². The standard InChI is InChI=1S/C17H24N2OS.ClH/c1-11(2)12(3)19-16(20)13-10-21-17-8-5-4-6-15(17)18-9-7-14(13)17;/h4-6,9,11-14H,7-8,10H2,1-3H3,(H,19,20);1H. The zero-order valence-corrected chi connectivity index (χ0v) is 15.0. The average molecular weight is 341 g/mol. The van der Waals surface area contributed by atoms with E-state index in [0.29, 0.717) is 11.8 Å². The lowest BCUT2D eigenvalue weighted by Gasteiger charge is -2.39. The molecule has 1 aliphatic carbocycles. The third-order valence-corrected chi connectivity index (χ3v) is 6.87. The molecule has 1 fully saturated rings. The van der Waals surface area contributed by atoms with E-state index in [9.17, 15) is 4.79 Å². The maximum Gasteiger partial charge on any atom is 0.224 e. The highest BCUT2D eigenvalue weighted by atomic mass is 35.5. The number of carbonyl (C=O) groups is 1. The molecule has 122 valence electrons. The summed E-state index contributed by atoms with van der Waals surface area (Å²) in [7, 11) is 0. The second-order valence-electron chi connectivity index (χ2n) is 6.69. The lowest BCUT2D eigenvalue weighted by molar-refractivity contribution is -0.126. The van der Waals surface area contributed by atoms with E-state index < -0.39 is 0 Å². The Morgan fingerprint density at radius 2 is 2.23 bits per heavy atom. The second kappa shape index (κ2) is 6.79. The van der Waals surface area contributed by atoms with Crippen LogP contribution in [0.1, 0.15) is 33.6 Å². The van der Waals surface area contributed by atoms with Gasteiger partial charge in [0.2, 0.25) is 5.91 Å². The summed E-state index contributed by atoms with van der Waals surface area (Å²) in [5.41, 5.74) is 1.17. The molecule has 4 unspecified atom stereocenters. The Kier molecular flexibility index (Phi) is 5.44. The molecule has 5 heteroatoms. The van der Waals surface area contributed by atoms with Crippen LogP contribution in [0.4, 0.5) is 0 Å². The van der Waals surface area contributed by atoms with Gasteiger partial charge in [-0.25, -0.2) is 0 Å². The van der Waals surface area contributed by atoms with Gasteiger partial charge in [-0.2, -0.15) is 0 Å². The number of carbonyl (C=O) groups excluding carboxylic acids is 1. The van der Waals surface area contributed by atoms with Gasteiger partial charge in [-0.1, -0.05) is 26.0 Å². The van der Waals surface area contributed by atoms with Crippen molar-refractivity contribution in [2.24, 2.45) is 22.7 Å². The number of allylic oxidation sites excluding steroid dienone is 3. The highest BCUT2D eigenvalue weighted by Gasteiger charge is 2.54.